The second-order valence-electron chi connectivity index (χ2n) is 11.4. The quantitative estimate of drug-likeness (QED) is 0.218. The molecule has 2 heterocycles. The molecule has 1 aromatic heterocycles. The number of aryl methyl sites for hydroxylation is 1. The number of rotatable bonds is 8. The first-order valence-corrected chi connectivity index (χ1v) is 13.2. The van der Waals surface area contributed by atoms with Gasteiger partial charge in [0, 0.05) is 18.3 Å². The minimum atomic E-state index is -0.543. The highest BCUT2D eigenvalue weighted by Crippen LogP contribution is 2.65. The Bertz CT molecular complexity index is 1190. The molecular weight excluding hydrogens is 467 g/mol. The lowest BCUT2D eigenvalue weighted by molar-refractivity contribution is -0.199. The number of hydrogen-bond donors (Lipinski definition) is 3. The molecule has 4 fully saturated rings. The topological polar surface area (TPSA) is 138 Å². The highest BCUT2D eigenvalue weighted by molar-refractivity contribution is 6.48. The van der Waals surface area contributed by atoms with Crippen molar-refractivity contribution in [1.82, 2.24) is 15.3 Å². The van der Waals surface area contributed by atoms with Gasteiger partial charge in [0.15, 0.2) is 11.8 Å². The summed E-state index contributed by atoms with van der Waals surface area (Å²) in [6, 6.07) is 9.71. The first-order chi connectivity index (χ1) is 17.6. The Balaban J connectivity index is 1.33. The van der Waals surface area contributed by atoms with Gasteiger partial charge in [0.25, 0.3) is 5.91 Å². The van der Waals surface area contributed by atoms with Crippen molar-refractivity contribution in [2.45, 2.75) is 71.0 Å². The fraction of sp³-hybridized carbons (Fsp3) is 0.556. The maximum Gasteiger partial charge on any atom is 0.481 e. The van der Waals surface area contributed by atoms with E-state index in [1.54, 1.807) is 6.20 Å². The molecule has 2 bridgehead atoms. The lowest BCUT2D eigenvalue weighted by Gasteiger charge is -2.64. The summed E-state index contributed by atoms with van der Waals surface area (Å²) in [6.07, 6.45) is 5.05. The van der Waals surface area contributed by atoms with E-state index in [2.05, 4.69) is 41.0 Å². The summed E-state index contributed by atoms with van der Waals surface area (Å²) in [7, 11) is -0.543. The molecule has 2 aromatic rings. The van der Waals surface area contributed by atoms with Crippen LogP contribution in [-0.2, 0) is 9.31 Å². The summed E-state index contributed by atoms with van der Waals surface area (Å²) in [5.74, 6) is 1.12. The number of hydrogen-bond acceptors (Lipinski definition) is 6. The van der Waals surface area contributed by atoms with Gasteiger partial charge in [-0.05, 0) is 56.8 Å². The average Bonchev–Trinajstić information content (AvgIpc) is 3.23. The van der Waals surface area contributed by atoms with Crippen LogP contribution < -0.4 is 16.8 Å². The van der Waals surface area contributed by atoms with Gasteiger partial charge in [-0.25, -0.2) is 9.97 Å². The van der Waals surface area contributed by atoms with Gasteiger partial charge in [0.1, 0.15) is 0 Å². The molecule has 10 heteroatoms. The number of carbonyl (C=O) groups excluding carboxylic acids is 1. The zero-order valence-electron chi connectivity index (χ0n) is 22.1. The van der Waals surface area contributed by atoms with Crippen LogP contribution in [0.1, 0.15) is 62.5 Å². The molecule has 5 unspecified atom stereocenters. The first-order valence-electron chi connectivity index (χ1n) is 13.2. The highest BCUT2D eigenvalue weighted by Gasteiger charge is 2.68. The van der Waals surface area contributed by atoms with Crippen LogP contribution in [0.25, 0.3) is 11.4 Å². The van der Waals surface area contributed by atoms with Gasteiger partial charge < -0.3 is 26.1 Å². The van der Waals surface area contributed by atoms with E-state index in [1.165, 1.54) is 6.42 Å². The van der Waals surface area contributed by atoms with Crippen molar-refractivity contribution in [3.63, 3.8) is 0 Å². The van der Waals surface area contributed by atoms with Crippen LogP contribution in [0, 0.1) is 24.2 Å². The second-order valence-corrected chi connectivity index (χ2v) is 11.4. The van der Waals surface area contributed by atoms with Crippen molar-refractivity contribution < 1.29 is 14.1 Å². The third-order valence-corrected chi connectivity index (χ3v) is 8.84. The monoisotopic (exact) mass is 504 g/mol. The summed E-state index contributed by atoms with van der Waals surface area (Å²) in [4.78, 5) is 26.6. The van der Waals surface area contributed by atoms with Gasteiger partial charge in [-0.3, -0.25) is 9.79 Å². The maximum atomic E-state index is 13.4. The Kier molecular flexibility index (Phi) is 6.74. The predicted molar refractivity (Wildman–Crippen MR) is 143 cm³/mol. The summed E-state index contributed by atoms with van der Waals surface area (Å²) in [6.45, 7) is 9.14. The molecule has 0 spiro atoms. The molecule has 3 saturated carbocycles. The fourth-order valence-corrected chi connectivity index (χ4v) is 6.53. The van der Waals surface area contributed by atoms with E-state index in [0.717, 1.165) is 12.0 Å². The lowest BCUT2D eigenvalue weighted by Crippen LogP contribution is -2.65. The van der Waals surface area contributed by atoms with E-state index < -0.39 is 7.12 Å². The van der Waals surface area contributed by atoms with Crippen LogP contribution in [-0.4, -0.2) is 53.1 Å². The molecule has 5 atom stereocenters. The number of guanidine groups is 1. The summed E-state index contributed by atoms with van der Waals surface area (Å²) in [5, 5.41) is 3.16. The van der Waals surface area contributed by atoms with Crippen LogP contribution in [0.2, 0.25) is 0 Å². The van der Waals surface area contributed by atoms with Crippen molar-refractivity contribution in [2.75, 3.05) is 6.54 Å². The minimum absolute atomic E-state index is 0.0293. The van der Waals surface area contributed by atoms with E-state index in [-0.39, 0.29) is 34.9 Å². The standard InChI is InChI=1S/C27H37BN6O3/c1-16-19(15-32-23(33-16)17-9-6-5-7-10-17)24(35)34-22(11-8-12-31-25(29)30)28-36-21-14-18-13-20(26(18,2)3)27(21,4)37-28/h5-7,9-10,15,18,20-22H,8,11-14H2,1-4H3,(H,34,35)(H4,29,30,31). The summed E-state index contributed by atoms with van der Waals surface area (Å²) >= 11 is 0. The summed E-state index contributed by atoms with van der Waals surface area (Å²) in [5.41, 5.74) is 12.8. The molecule has 5 N–H and O–H groups in total. The lowest BCUT2D eigenvalue weighted by atomic mass is 9.43. The Morgan fingerprint density at radius 3 is 2.68 bits per heavy atom. The molecule has 196 valence electrons. The molecule has 1 aromatic carbocycles. The van der Waals surface area contributed by atoms with Gasteiger partial charge >= 0.3 is 7.12 Å². The Hall–Kier alpha value is -2.98. The minimum Gasteiger partial charge on any atom is -0.404 e. The smallest absolute Gasteiger partial charge is 0.404 e. The number of aliphatic imine (C=N–C) groups is 1. The van der Waals surface area contributed by atoms with E-state index in [1.807, 2.05) is 37.3 Å². The number of nitrogens with one attached hydrogen (secondary N) is 1. The molecule has 1 amide bonds. The van der Waals surface area contributed by atoms with Crippen LogP contribution in [0.15, 0.2) is 41.5 Å². The van der Waals surface area contributed by atoms with E-state index in [0.29, 0.717) is 48.3 Å². The SMILES string of the molecule is Cc1nc(-c2ccccc2)ncc1C(=O)NC(CCCN=C(N)N)B1OC2CC3CC(C3(C)C)C2(C)O1. The normalized spacial score (nSPS) is 28.1. The zero-order valence-corrected chi connectivity index (χ0v) is 22.1. The Morgan fingerprint density at radius 2 is 2.00 bits per heavy atom. The molecule has 4 aliphatic rings. The molecular formula is C27H37BN6O3. The number of nitrogens with two attached hydrogens (primary N) is 2. The third kappa shape index (κ3) is 4.72. The Labute approximate surface area is 219 Å². The van der Waals surface area contributed by atoms with Crippen molar-refractivity contribution >= 4 is 19.0 Å². The van der Waals surface area contributed by atoms with Crippen molar-refractivity contribution in [1.29, 1.82) is 0 Å². The van der Waals surface area contributed by atoms with Gasteiger partial charge in [-0.2, -0.15) is 0 Å². The van der Waals surface area contributed by atoms with E-state index >= 15 is 0 Å². The van der Waals surface area contributed by atoms with Crippen LogP contribution in [0.5, 0.6) is 0 Å². The number of benzene rings is 1. The molecule has 9 nitrogen and oxygen atoms in total. The molecule has 3 aliphatic carbocycles. The highest BCUT2D eigenvalue weighted by atomic mass is 16.7. The second kappa shape index (κ2) is 9.72. The molecule has 0 radical (unpaired) electrons. The number of carbonyl (C=O) groups is 1. The van der Waals surface area contributed by atoms with Crippen molar-refractivity contribution in [3.05, 3.63) is 47.8 Å². The van der Waals surface area contributed by atoms with Crippen LogP contribution in [0.4, 0.5) is 0 Å². The number of nitrogens with zero attached hydrogens (tertiary/aromatic N) is 3. The van der Waals surface area contributed by atoms with Gasteiger partial charge in [0.2, 0.25) is 0 Å². The van der Waals surface area contributed by atoms with Gasteiger partial charge in [0.05, 0.1) is 28.9 Å². The zero-order chi connectivity index (χ0) is 26.4. The number of aromatic nitrogens is 2. The largest absolute Gasteiger partial charge is 0.481 e. The van der Waals surface area contributed by atoms with Crippen LogP contribution in [0.3, 0.4) is 0 Å². The Morgan fingerprint density at radius 1 is 1.24 bits per heavy atom. The first kappa shape index (κ1) is 25.7. The van der Waals surface area contributed by atoms with Crippen LogP contribution >= 0.6 is 0 Å². The van der Waals surface area contributed by atoms with Gasteiger partial charge in [-0.15, -0.1) is 0 Å². The van der Waals surface area contributed by atoms with E-state index in [4.69, 9.17) is 20.8 Å². The maximum absolute atomic E-state index is 13.4. The number of amides is 1. The third-order valence-electron chi connectivity index (χ3n) is 8.84. The van der Waals surface area contributed by atoms with Gasteiger partial charge in [-0.1, -0.05) is 44.2 Å². The summed E-state index contributed by atoms with van der Waals surface area (Å²) < 4.78 is 13.2. The predicted octanol–water partition coefficient (Wildman–Crippen LogP) is 2.87. The molecule has 1 saturated heterocycles. The average molecular weight is 504 g/mol. The van der Waals surface area contributed by atoms with Crippen molar-refractivity contribution in [3.8, 4) is 11.4 Å². The van der Waals surface area contributed by atoms with Crippen molar-refractivity contribution in [2.24, 2.45) is 33.7 Å². The van der Waals surface area contributed by atoms with E-state index in [9.17, 15) is 4.79 Å². The fourth-order valence-electron chi connectivity index (χ4n) is 6.53. The molecule has 37 heavy (non-hydrogen) atoms. The molecule has 1 aliphatic heterocycles. The molecule has 6 rings (SSSR count).